The van der Waals surface area contributed by atoms with Crippen LogP contribution in [0.4, 0.5) is 5.69 Å². The highest BCUT2D eigenvalue weighted by atomic mass is 32.1. The monoisotopic (exact) mass is 468 g/mol. The average Bonchev–Trinajstić information content (AvgIpc) is 3.39. The summed E-state index contributed by atoms with van der Waals surface area (Å²) in [6.45, 7) is 6.25. The van der Waals surface area contributed by atoms with E-state index in [-0.39, 0.29) is 0 Å². The first-order valence-corrected chi connectivity index (χ1v) is 14.1. The van der Waals surface area contributed by atoms with Crippen LogP contribution in [0.1, 0.15) is 75.1 Å². The van der Waals surface area contributed by atoms with Crippen molar-refractivity contribution in [1.29, 1.82) is 0 Å². The number of benzene rings is 1. The first kappa shape index (κ1) is 23.3. The van der Waals surface area contributed by atoms with Gasteiger partial charge < -0.3 is 10.0 Å². The smallest absolute Gasteiger partial charge is 0.147 e. The van der Waals surface area contributed by atoms with Crippen LogP contribution in [0.2, 0.25) is 0 Å². The van der Waals surface area contributed by atoms with Crippen molar-refractivity contribution >= 4 is 17.0 Å². The summed E-state index contributed by atoms with van der Waals surface area (Å²) in [6, 6.07) is 8.97. The summed E-state index contributed by atoms with van der Waals surface area (Å²) in [7, 11) is 0. The van der Waals surface area contributed by atoms with Crippen molar-refractivity contribution in [3.8, 4) is 10.6 Å². The second-order valence-electron chi connectivity index (χ2n) is 10.5. The third kappa shape index (κ3) is 5.95. The Bertz CT molecular complexity index is 847. The maximum Gasteiger partial charge on any atom is 0.147 e. The van der Waals surface area contributed by atoms with Gasteiger partial charge in [-0.25, -0.2) is 0 Å². The molecule has 2 aliphatic carbocycles. The molecule has 1 aromatic heterocycles. The number of aromatic nitrogens is 2. The van der Waals surface area contributed by atoms with Crippen LogP contribution in [0.3, 0.4) is 0 Å². The van der Waals surface area contributed by atoms with Gasteiger partial charge in [0.1, 0.15) is 10.0 Å². The van der Waals surface area contributed by atoms with E-state index in [0.717, 1.165) is 49.7 Å². The fourth-order valence-corrected chi connectivity index (χ4v) is 7.01. The minimum Gasteiger partial charge on any atom is -0.396 e. The highest BCUT2D eigenvalue weighted by molar-refractivity contribution is 7.14. The molecule has 0 atom stereocenters. The molecule has 3 fully saturated rings. The second kappa shape index (κ2) is 11.3. The molecule has 0 unspecified atom stereocenters. The highest BCUT2D eigenvalue weighted by Crippen LogP contribution is 2.38. The van der Waals surface area contributed by atoms with Gasteiger partial charge in [0.2, 0.25) is 0 Å². The van der Waals surface area contributed by atoms with Crippen molar-refractivity contribution < 1.29 is 5.11 Å². The third-order valence-corrected chi connectivity index (χ3v) is 9.46. The molecule has 0 radical (unpaired) electrons. The second-order valence-corrected chi connectivity index (χ2v) is 11.5. The van der Waals surface area contributed by atoms with Gasteiger partial charge in [0.25, 0.3) is 0 Å². The third-order valence-electron chi connectivity index (χ3n) is 8.32. The average molecular weight is 469 g/mol. The lowest BCUT2D eigenvalue weighted by atomic mass is 9.83. The molecule has 0 amide bonds. The lowest BCUT2D eigenvalue weighted by Gasteiger charge is -2.37. The Labute approximate surface area is 203 Å². The van der Waals surface area contributed by atoms with E-state index in [1.807, 2.05) is 0 Å². The van der Waals surface area contributed by atoms with Crippen LogP contribution < -0.4 is 4.90 Å². The summed E-state index contributed by atoms with van der Waals surface area (Å²) in [5, 5.41) is 20.6. The molecular weight excluding hydrogens is 428 g/mol. The van der Waals surface area contributed by atoms with Crippen molar-refractivity contribution in [2.24, 2.45) is 11.8 Å². The van der Waals surface area contributed by atoms with Gasteiger partial charge in [-0.05, 0) is 74.8 Å². The van der Waals surface area contributed by atoms with Gasteiger partial charge in [-0.1, -0.05) is 43.4 Å². The maximum absolute atomic E-state index is 9.37. The topological polar surface area (TPSA) is 52.5 Å². The van der Waals surface area contributed by atoms with E-state index >= 15 is 0 Å². The summed E-state index contributed by atoms with van der Waals surface area (Å²) in [6.07, 6.45) is 13.2. The van der Waals surface area contributed by atoms with Crippen molar-refractivity contribution in [2.75, 3.05) is 44.2 Å². The summed E-state index contributed by atoms with van der Waals surface area (Å²) in [5.74, 6) is 1.99. The molecule has 1 aliphatic heterocycles. The molecule has 1 aromatic carbocycles. The van der Waals surface area contributed by atoms with Crippen LogP contribution in [-0.2, 0) is 0 Å². The first-order chi connectivity index (χ1) is 16.3. The Morgan fingerprint density at radius 1 is 0.818 bits per heavy atom. The number of piperazine rings is 1. The predicted molar refractivity (Wildman–Crippen MR) is 137 cm³/mol. The van der Waals surface area contributed by atoms with Gasteiger partial charge in [-0.2, -0.15) is 0 Å². The summed E-state index contributed by atoms with van der Waals surface area (Å²) < 4.78 is 0. The van der Waals surface area contributed by atoms with Gasteiger partial charge in [-0.15, -0.1) is 10.2 Å². The van der Waals surface area contributed by atoms with Crippen LogP contribution in [0.5, 0.6) is 0 Å². The largest absolute Gasteiger partial charge is 0.396 e. The number of aliphatic hydroxyl groups excluding tert-OH is 1. The Kier molecular flexibility index (Phi) is 7.95. The molecule has 3 aliphatic rings. The fourth-order valence-electron chi connectivity index (χ4n) is 5.99. The van der Waals surface area contributed by atoms with E-state index < -0.39 is 0 Å². The van der Waals surface area contributed by atoms with Crippen LogP contribution in [0, 0.1) is 11.8 Å². The highest BCUT2D eigenvalue weighted by Gasteiger charge is 2.25. The number of nitrogens with zero attached hydrogens (tertiary/aromatic N) is 4. The van der Waals surface area contributed by atoms with E-state index in [1.54, 1.807) is 11.3 Å². The molecule has 1 N–H and O–H groups in total. The lowest BCUT2D eigenvalue weighted by molar-refractivity contribution is 0.182. The molecule has 33 heavy (non-hydrogen) atoms. The molecule has 2 aromatic rings. The predicted octanol–water partition coefficient (Wildman–Crippen LogP) is 5.56. The van der Waals surface area contributed by atoms with Gasteiger partial charge in [-0.3, -0.25) is 4.90 Å². The lowest BCUT2D eigenvalue weighted by Crippen LogP contribution is -2.46. The van der Waals surface area contributed by atoms with Crippen LogP contribution in [0.15, 0.2) is 24.3 Å². The molecule has 180 valence electrons. The SMILES string of the molecule is OCC1CCC(c2nnc(-c3ccc(N4CCN(CCC5CCCCC5)CC4)cc3)s2)CC1. The van der Waals surface area contributed by atoms with E-state index in [0.29, 0.717) is 18.4 Å². The zero-order chi connectivity index (χ0) is 22.5. The Morgan fingerprint density at radius 2 is 1.55 bits per heavy atom. The Balaban J connectivity index is 1.10. The summed E-state index contributed by atoms with van der Waals surface area (Å²) >= 11 is 1.76. The van der Waals surface area contributed by atoms with Crippen LogP contribution in [-0.4, -0.2) is 59.5 Å². The van der Waals surface area contributed by atoms with Crippen LogP contribution >= 0.6 is 11.3 Å². The molecule has 1 saturated heterocycles. The van der Waals surface area contributed by atoms with Crippen molar-refractivity contribution in [3.05, 3.63) is 29.3 Å². The molecule has 6 heteroatoms. The van der Waals surface area contributed by atoms with Gasteiger partial charge >= 0.3 is 0 Å². The number of hydrogen-bond acceptors (Lipinski definition) is 6. The van der Waals surface area contributed by atoms with E-state index in [1.165, 1.54) is 74.4 Å². The van der Waals surface area contributed by atoms with Gasteiger partial charge in [0, 0.05) is 50.0 Å². The van der Waals surface area contributed by atoms with Gasteiger partial charge in [0.05, 0.1) is 0 Å². The number of rotatable bonds is 7. The number of hydrogen-bond donors (Lipinski definition) is 1. The zero-order valence-electron chi connectivity index (χ0n) is 20.0. The maximum atomic E-state index is 9.37. The Morgan fingerprint density at radius 3 is 2.24 bits per heavy atom. The quantitative estimate of drug-likeness (QED) is 0.576. The molecule has 5 rings (SSSR count). The van der Waals surface area contributed by atoms with Crippen molar-refractivity contribution in [1.82, 2.24) is 15.1 Å². The van der Waals surface area contributed by atoms with E-state index in [2.05, 4.69) is 44.3 Å². The zero-order valence-corrected chi connectivity index (χ0v) is 20.8. The molecule has 2 saturated carbocycles. The molecule has 5 nitrogen and oxygen atoms in total. The van der Waals surface area contributed by atoms with E-state index in [4.69, 9.17) is 0 Å². The minimum absolute atomic E-state index is 0.329. The van der Waals surface area contributed by atoms with Crippen molar-refractivity contribution in [3.63, 3.8) is 0 Å². The molecular formula is C27H40N4OS. The fraction of sp³-hybridized carbons (Fsp3) is 0.704. The Hall–Kier alpha value is -1.50. The first-order valence-electron chi connectivity index (χ1n) is 13.3. The van der Waals surface area contributed by atoms with E-state index in [9.17, 15) is 5.11 Å². The number of anilines is 1. The summed E-state index contributed by atoms with van der Waals surface area (Å²) in [5.41, 5.74) is 2.51. The van der Waals surface area contributed by atoms with Crippen LogP contribution in [0.25, 0.3) is 10.6 Å². The standard InChI is InChI=1S/C27H40N4OS/c32-20-22-6-8-23(9-7-22)26-28-29-27(33-26)24-10-12-25(13-11-24)31-18-16-30(17-19-31)15-14-21-4-2-1-3-5-21/h10-13,21-23,32H,1-9,14-20H2. The van der Waals surface area contributed by atoms with Gasteiger partial charge in [0.15, 0.2) is 0 Å². The number of aliphatic hydroxyl groups is 1. The minimum atomic E-state index is 0.329. The normalized spacial score (nSPS) is 25.4. The molecule has 2 heterocycles. The molecule has 0 spiro atoms. The summed E-state index contributed by atoms with van der Waals surface area (Å²) in [4.78, 5) is 5.21. The van der Waals surface area contributed by atoms with Crippen molar-refractivity contribution in [2.45, 2.75) is 70.1 Å². The molecule has 0 bridgehead atoms.